The van der Waals surface area contributed by atoms with Crippen molar-refractivity contribution >= 4 is 17.9 Å². The van der Waals surface area contributed by atoms with Gasteiger partial charge in [0.25, 0.3) is 0 Å². The summed E-state index contributed by atoms with van der Waals surface area (Å²) in [5, 5.41) is 0. The number of unbranched alkanes of at least 4 members (excludes halogenated alkanes) is 45. The maximum Gasteiger partial charge on any atom is 0.309 e. The van der Waals surface area contributed by atoms with E-state index >= 15 is 0 Å². The second-order valence-corrected chi connectivity index (χ2v) is 23.8. The molecule has 0 bridgehead atoms. The summed E-state index contributed by atoms with van der Waals surface area (Å²) in [6.45, 7) is 6.51. The second kappa shape index (κ2) is 68.6. The van der Waals surface area contributed by atoms with Gasteiger partial charge in [-0.1, -0.05) is 370 Å². The first kappa shape index (κ1) is 77.1. The Balaban J connectivity index is 4.29. The van der Waals surface area contributed by atoms with Crippen LogP contribution in [0.25, 0.3) is 0 Å². The van der Waals surface area contributed by atoms with E-state index in [4.69, 9.17) is 14.2 Å². The van der Waals surface area contributed by atoms with Gasteiger partial charge in [-0.2, -0.15) is 0 Å². The molecular formula is C74H134O6. The van der Waals surface area contributed by atoms with Crippen LogP contribution in [0, 0.1) is 0 Å². The van der Waals surface area contributed by atoms with Gasteiger partial charge in [-0.3, -0.25) is 14.4 Å². The van der Waals surface area contributed by atoms with Crippen molar-refractivity contribution in [3.63, 3.8) is 0 Å². The minimum atomic E-state index is -0.812. The molecule has 0 saturated carbocycles. The topological polar surface area (TPSA) is 78.9 Å². The third-order valence-electron chi connectivity index (χ3n) is 15.8. The van der Waals surface area contributed by atoms with Crippen LogP contribution < -0.4 is 0 Å². The van der Waals surface area contributed by atoms with Gasteiger partial charge in [0.1, 0.15) is 13.2 Å². The molecule has 0 saturated heterocycles. The van der Waals surface area contributed by atoms with Gasteiger partial charge in [-0.15, -0.1) is 0 Å². The SMILES string of the molecule is CC/C=C\C/C=C\C/C=C\C/C=C\C/C=C\CC(=O)OCC(COC(=O)CCCCCCCCCCCCCCCCCCCCCCCCCCCCC)OC(=O)CCCCCCCCCCCCCCCCCCCCCC. The van der Waals surface area contributed by atoms with Crippen LogP contribution in [0.3, 0.4) is 0 Å². The average molecular weight is 1120 g/mol. The molecule has 0 rings (SSSR count). The van der Waals surface area contributed by atoms with Crippen LogP contribution >= 0.6 is 0 Å². The lowest BCUT2D eigenvalue weighted by atomic mass is 10.0. The van der Waals surface area contributed by atoms with E-state index in [0.717, 1.165) is 70.6 Å². The first-order valence-electron chi connectivity index (χ1n) is 35.3. The Morgan fingerprint density at radius 3 is 0.762 bits per heavy atom. The van der Waals surface area contributed by atoms with E-state index in [1.165, 1.54) is 263 Å². The predicted octanol–water partition coefficient (Wildman–Crippen LogP) is 24.3. The Morgan fingerprint density at radius 1 is 0.263 bits per heavy atom. The fourth-order valence-corrected chi connectivity index (χ4v) is 10.6. The van der Waals surface area contributed by atoms with E-state index in [1.807, 2.05) is 12.2 Å². The number of carbonyl (C=O) groups is 3. The summed E-state index contributed by atoms with van der Waals surface area (Å²) in [5.74, 6) is -1.01. The van der Waals surface area contributed by atoms with Gasteiger partial charge in [0.05, 0.1) is 6.42 Å². The van der Waals surface area contributed by atoms with Crippen LogP contribution in [0.15, 0.2) is 60.8 Å². The van der Waals surface area contributed by atoms with Gasteiger partial charge in [0.15, 0.2) is 6.10 Å². The highest BCUT2D eigenvalue weighted by Crippen LogP contribution is 2.19. The summed E-state index contributed by atoms with van der Waals surface area (Å²) in [5.41, 5.74) is 0. The van der Waals surface area contributed by atoms with Crippen LogP contribution in [0.2, 0.25) is 0 Å². The van der Waals surface area contributed by atoms with Crippen LogP contribution in [0.5, 0.6) is 0 Å². The number of carbonyl (C=O) groups excluding carboxylic acids is 3. The van der Waals surface area contributed by atoms with Gasteiger partial charge < -0.3 is 14.2 Å². The summed E-state index contributed by atoms with van der Waals surface area (Å²) in [6.07, 6.45) is 88.6. The van der Waals surface area contributed by atoms with Crippen LogP contribution in [-0.2, 0) is 28.6 Å². The monoisotopic (exact) mass is 1120 g/mol. The molecule has 0 aromatic heterocycles. The minimum Gasteiger partial charge on any atom is -0.462 e. The molecule has 0 radical (unpaired) electrons. The van der Waals surface area contributed by atoms with E-state index in [2.05, 4.69) is 69.4 Å². The summed E-state index contributed by atoms with van der Waals surface area (Å²) in [7, 11) is 0. The fourth-order valence-electron chi connectivity index (χ4n) is 10.6. The maximum atomic E-state index is 12.9. The molecule has 0 aromatic rings. The molecule has 6 nitrogen and oxygen atoms in total. The molecule has 466 valence electrons. The van der Waals surface area contributed by atoms with Crippen molar-refractivity contribution in [3.05, 3.63) is 60.8 Å². The van der Waals surface area contributed by atoms with Crippen molar-refractivity contribution in [2.24, 2.45) is 0 Å². The highest BCUT2D eigenvalue weighted by Gasteiger charge is 2.19. The van der Waals surface area contributed by atoms with Crippen molar-refractivity contribution in [2.75, 3.05) is 13.2 Å². The van der Waals surface area contributed by atoms with Crippen LogP contribution in [0.4, 0.5) is 0 Å². The van der Waals surface area contributed by atoms with Crippen LogP contribution in [-0.4, -0.2) is 37.2 Å². The number of esters is 3. The molecule has 0 fully saturated rings. The molecule has 0 spiro atoms. The predicted molar refractivity (Wildman–Crippen MR) is 348 cm³/mol. The smallest absolute Gasteiger partial charge is 0.309 e. The maximum absolute atomic E-state index is 12.9. The molecule has 6 heteroatoms. The lowest BCUT2D eigenvalue weighted by Crippen LogP contribution is -2.30. The number of allylic oxidation sites excluding steroid dienone is 9. The first-order valence-corrected chi connectivity index (χ1v) is 35.3. The molecule has 0 N–H and O–H groups in total. The van der Waals surface area contributed by atoms with E-state index < -0.39 is 12.1 Å². The van der Waals surface area contributed by atoms with Gasteiger partial charge in [0.2, 0.25) is 0 Å². The summed E-state index contributed by atoms with van der Waals surface area (Å²) in [6, 6.07) is 0. The molecule has 0 aliphatic rings. The quantitative estimate of drug-likeness (QED) is 0.0261. The normalized spacial score (nSPS) is 12.4. The fraction of sp³-hybridized carbons (Fsp3) is 0.824. The van der Waals surface area contributed by atoms with Crippen molar-refractivity contribution in [2.45, 2.75) is 380 Å². The van der Waals surface area contributed by atoms with Crippen LogP contribution in [0.1, 0.15) is 374 Å². The van der Waals surface area contributed by atoms with E-state index in [-0.39, 0.29) is 31.6 Å². The zero-order chi connectivity index (χ0) is 57.8. The Bertz CT molecular complexity index is 1430. The third-order valence-corrected chi connectivity index (χ3v) is 15.8. The van der Waals surface area contributed by atoms with Crippen molar-refractivity contribution in [1.29, 1.82) is 0 Å². The van der Waals surface area contributed by atoms with Gasteiger partial charge in [0, 0.05) is 12.8 Å². The molecule has 0 aliphatic heterocycles. The van der Waals surface area contributed by atoms with Gasteiger partial charge in [-0.25, -0.2) is 0 Å². The third kappa shape index (κ3) is 65.9. The van der Waals surface area contributed by atoms with Gasteiger partial charge in [-0.05, 0) is 44.9 Å². The van der Waals surface area contributed by atoms with E-state index in [0.29, 0.717) is 12.8 Å². The largest absolute Gasteiger partial charge is 0.462 e. The standard InChI is InChI=1S/C74H134O6/c1-4-7-10-13-16-19-22-25-28-30-32-34-35-36-37-38-39-40-42-43-46-49-52-55-58-61-64-67-73(76)79-70-71(69-78-72(75)66-63-60-57-54-51-48-45-27-24-21-18-15-12-9-6-3)80-74(77)68-65-62-59-56-53-50-47-44-41-33-31-29-26-23-20-17-14-11-8-5-2/h9,12,18,21,27,45,51,54,60,63,71H,4-8,10-11,13-17,19-20,22-26,28-44,46-50,52-53,55-59,61-62,64-70H2,1-3H3/b12-9-,21-18-,45-27-,54-51-,63-60-. The summed E-state index contributed by atoms with van der Waals surface area (Å²) < 4.78 is 16.9. The molecule has 0 heterocycles. The molecular weight excluding hydrogens is 985 g/mol. The molecule has 1 unspecified atom stereocenters. The van der Waals surface area contributed by atoms with Crippen molar-refractivity contribution in [3.8, 4) is 0 Å². The summed E-state index contributed by atoms with van der Waals surface area (Å²) >= 11 is 0. The lowest BCUT2D eigenvalue weighted by Gasteiger charge is -2.18. The molecule has 80 heavy (non-hydrogen) atoms. The molecule has 1 atom stereocenters. The Kier molecular flexibility index (Phi) is 66.1. The second-order valence-electron chi connectivity index (χ2n) is 23.8. The first-order chi connectivity index (χ1) is 39.5. The average Bonchev–Trinajstić information content (AvgIpc) is 3.46. The molecule has 0 amide bonds. The van der Waals surface area contributed by atoms with E-state index in [9.17, 15) is 14.4 Å². The highest BCUT2D eigenvalue weighted by atomic mass is 16.6. The lowest BCUT2D eigenvalue weighted by molar-refractivity contribution is -0.166. The van der Waals surface area contributed by atoms with Crippen molar-refractivity contribution < 1.29 is 28.6 Å². The number of rotatable bonds is 65. The Hall–Kier alpha value is -2.89. The summed E-state index contributed by atoms with van der Waals surface area (Å²) in [4.78, 5) is 38.3. The minimum absolute atomic E-state index is 0.0989. The zero-order valence-electron chi connectivity index (χ0n) is 53.6. The Labute approximate surface area is 498 Å². The zero-order valence-corrected chi connectivity index (χ0v) is 53.6. The molecule has 0 aliphatic carbocycles. The highest BCUT2D eigenvalue weighted by molar-refractivity contribution is 5.72. The number of hydrogen-bond donors (Lipinski definition) is 0. The molecule has 0 aromatic carbocycles. The van der Waals surface area contributed by atoms with Gasteiger partial charge >= 0.3 is 17.9 Å². The van der Waals surface area contributed by atoms with Crippen molar-refractivity contribution in [1.82, 2.24) is 0 Å². The van der Waals surface area contributed by atoms with E-state index in [1.54, 1.807) is 0 Å². The number of ether oxygens (including phenoxy) is 3. The Morgan fingerprint density at radius 2 is 0.487 bits per heavy atom. The number of hydrogen-bond acceptors (Lipinski definition) is 6.